The molecule has 1 unspecified atom stereocenters. The number of hydrogen-bond donors (Lipinski definition) is 1. The number of alkyl halides is 1. The van der Waals surface area contributed by atoms with E-state index in [1.165, 1.54) is 0 Å². The van der Waals surface area contributed by atoms with Gasteiger partial charge in [-0.3, -0.25) is 24.6 Å². The van der Waals surface area contributed by atoms with Crippen LogP contribution in [0.25, 0.3) is 0 Å². The van der Waals surface area contributed by atoms with Crippen LogP contribution >= 0.6 is 0 Å². The number of carbonyl (C=O) groups is 3. The number of fused-ring (bicyclic) bond motifs is 1. The lowest BCUT2D eigenvalue weighted by Gasteiger charge is -2.35. The highest BCUT2D eigenvalue weighted by Crippen LogP contribution is 2.34. The van der Waals surface area contributed by atoms with Gasteiger partial charge in [-0.1, -0.05) is 32.0 Å². The van der Waals surface area contributed by atoms with Crippen molar-refractivity contribution < 1.29 is 18.8 Å². The van der Waals surface area contributed by atoms with E-state index < -0.39 is 23.5 Å². The number of carbonyl (C=O) groups excluding carboxylic acids is 3. The molecule has 0 aromatic heterocycles. The number of nitrogens with one attached hydrogen (secondary N) is 1. The van der Waals surface area contributed by atoms with Crippen molar-refractivity contribution >= 4 is 17.7 Å². The molecule has 0 saturated carbocycles. The molecule has 112 valence electrons. The Labute approximate surface area is 122 Å². The third-order valence-electron chi connectivity index (χ3n) is 3.53. The highest BCUT2D eigenvalue weighted by atomic mass is 19.1. The molecule has 0 radical (unpaired) electrons. The number of halogens is 1. The molecule has 5 nitrogen and oxygen atoms in total. The summed E-state index contributed by atoms with van der Waals surface area (Å²) in [6, 6.07) is 6.77. The van der Waals surface area contributed by atoms with Gasteiger partial charge in [0.05, 0.1) is 6.54 Å². The van der Waals surface area contributed by atoms with Crippen LogP contribution in [0, 0.1) is 0 Å². The molecule has 3 amide bonds. The molecular weight excluding hydrogens is 275 g/mol. The van der Waals surface area contributed by atoms with Crippen LogP contribution in [0.2, 0.25) is 0 Å². The Morgan fingerprint density at radius 3 is 2.48 bits per heavy atom. The fourth-order valence-corrected chi connectivity index (χ4v) is 2.48. The molecule has 1 aromatic rings. The highest BCUT2D eigenvalue weighted by Gasteiger charge is 2.52. The molecule has 1 fully saturated rings. The largest absolute Gasteiger partial charge is 0.294 e. The highest BCUT2D eigenvalue weighted by molar-refractivity contribution is 6.06. The molecule has 3 rings (SSSR count). The summed E-state index contributed by atoms with van der Waals surface area (Å²) in [7, 11) is 0. The maximum Gasteiger partial charge on any atom is 0.285 e. The van der Waals surface area contributed by atoms with Gasteiger partial charge in [0.25, 0.3) is 17.6 Å². The van der Waals surface area contributed by atoms with Gasteiger partial charge in [-0.2, -0.15) is 0 Å². The van der Waals surface area contributed by atoms with Crippen molar-refractivity contribution in [2.75, 3.05) is 0 Å². The van der Waals surface area contributed by atoms with E-state index in [0.29, 0.717) is 11.1 Å². The van der Waals surface area contributed by atoms with Gasteiger partial charge < -0.3 is 0 Å². The summed E-state index contributed by atoms with van der Waals surface area (Å²) in [5.74, 6) is -4.51. The van der Waals surface area contributed by atoms with E-state index in [9.17, 15) is 18.8 Å². The van der Waals surface area contributed by atoms with Gasteiger partial charge in [0, 0.05) is 18.4 Å². The number of hydrogen-bond acceptors (Lipinski definition) is 3. The Hall–Kier alpha value is -2.24. The van der Waals surface area contributed by atoms with E-state index in [1.54, 1.807) is 24.3 Å². The van der Waals surface area contributed by atoms with Crippen LogP contribution in [0.5, 0.6) is 0 Å². The Balaban J connectivity index is 0.000000774. The monoisotopic (exact) mass is 292 g/mol. The molecule has 0 bridgehead atoms. The average Bonchev–Trinajstić information content (AvgIpc) is 2.84. The molecule has 1 saturated heterocycles. The van der Waals surface area contributed by atoms with E-state index in [0.717, 1.165) is 4.90 Å². The van der Waals surface area contributed by atoms with Crippen LogP contribution in [-0.4, -0.2) is 28.4 Å². The lowest BCUT2D eigenvalue weighted by molar-refractivity contribution is -0.154. The second-order valence-corrected chi connectivity index (χ2v) is 4.69. The minimum atomic E-state index is -2.44. The maximum atomic E-state index is 14.8. The second kappa shape index (κ2) is 5.63. The summed E-state index contributed by atoms with van der Waals surface area (Å²) in [5, 5.41) is 1.95. The summed E-state index contributed by atoms with van der Waals surface area (Å²) in [4.78, 5) is 35.8. The minimum Gasteiger partial charge on any atom is -0.294 e. The van der Waals surface area contributed by atoms with Crippen LogP contribution in [0.1, 0.15) is 42.6 Å². The van der Waals surface area contributed by atoms with Gasteiger partial charge in [0.15, 0.2) is 0 Å². The number of piperidine rings is 1. The van der Waals surface area contributed by atoms with E-state index in [1.807, 2.05) is 19.2 Å². The lowest BCUT2D eigenvalue weighted by atomic mass is 10.0. The van der Waals surface area contributed by atoms with Gasteiger partial charge in [0.2, 0.25) is 5.91 Å². The smallest absolute Gasteiger partial charge is 0.285 e. The maximum absolute atomic E-state index is 14.8. The zero-order valence-corrected chi connectivity index (χ0v) is 12.0. The van der Waals surface area contributed by atoms with Crippen molar-refractivity contribution in [1.82, 2.24) is 10.2 Å². The molecule has 1 aromatic carbocycles. The first-order chi connectivity index (χ1) is 10.0. The Morgan fingerprint density at radius 1 is 1.19 bits per heavy atom. The number of imide groups is 1. The Bertz CT molecular complexity index is 602. The molecule has 0 spiro atoms. The number of amides is 3. The standard InChI is InChI=1S/C13H11FN2O3.C2H6/c14-13(6-5-10(17)15-12(13)19)16-7-8-3-1-2-4-9(8)11(16)18;1-2/h1-4H,5-7H2,(H,15,17,19);1-2H3. The SMILES string of the molecule is CC.O=C1CCC(F)(N2Cc3ccccc3C2=O)C(=O)N1. The van der Waals surface area contributed by atoms with Crippen LogP contribution in [0.15, 0.2) is 24.3 Å². The zero-order valence-electron chi connectivity index (χ0n) is 12.0. The predicted molar refractivity (Wildman–Crippen MR) is 73.9 cm³/mol. The fraction of sp³-hybridized carbons (Fsp3) is 0.400. The molecule has 2 aliphatic rings. The van der Waals surface area contributed by atoms with Gasteiger partial charge in [-0.25, -0.2) is 4.39 Å². The number of nitrogens with zero attached hydrogens (tertiary/aromatic N) is 1. The summed E-state index contributed by atoms with van der Waals surface area (Å²) >= 11 is 0. The van der Waals surface area contributed by atoms with E-state index in [2.05, 4.69) is 0 Å². The van der Waals surface area contributed by atoms with E-state index in [4.69, 9.17) is 0 Å². The number of rotatable bonds is 1. The molecule has 1 atom stereocenters. The van der Waals surface area contributed by atoms with Crippen molar-refractivity contribution in [3.05, 3.63) is 35.4 Å². The molecule has 1 N–H and O–H groups in total. The fourth-order valence-electron chi connectivity index (χ4n) is 2.48. The summed E-state index contributed by atoms with van der Waals surface area (Å²) in [6.45, 7) is 4.05. The topological polar surface area (TPSA) is 66.5 Å². The van der Waals surface area contributed by atoms with Crippen LogP contribution < -0.4 is 5.32 Å². The third-order valence-corrected chi connectivity index (χ3v) is 3.53. The number of benzene rings is 1. The first-order valence-electron chi connectivity index (χ1n) is 6.95. The van der Waals surface area contributed by atoms with Crippen molar-refractivity contribution in [3.8, 4) is 0 Å². The van der Waals surface area contributed by atoms with Crippen LogP contribution in [-0.2, 0) is 16.1 Å². The first-order valence-corrected chi connectivity index (χ1v) is 6.95. The molecule has 2 aliphatic heterocycles. The van der Waals surface area contributed by atoms with Crippen LogP contribution in [0.4, 0.5) is 4.39 Å². The quantitative estimate of drug-likeness (QED) is 0.633. The molecule has 21 heavy (non-hydrogen) atoms. The Kier molecular flexibility index (Phi) is 4.06. The van der Waals surface area contributed by atoms with Crippen molar-refractivity contribution in [2.24, 2.45) is 0 Å². The van der Waals surface area contributed by atoms with Gasteiger partial charge in [-0.15, -0.1) is 0 Å². The normalized spacial score (nSPS) is 24.1. The molecule has 0 aliphatic carbocycles. The summed E-state index contributed by atoms with van der Waals surface area (Å²) in [6.07, 6.45) is -0.403. The predicted octanol–water partition coefficient (Wildman–Crippen LogP) is 1.77. The van der Waals surface area contributed by atoms with Gasteiger partial charge in [0.1, 0.15) is 0 Å². The zero-order chi connectivity index (χ0) is 15.6. The lowest BCUT2D eigenvalue weighted by Crippen LogP contribution is -2.60. The van der Waals surface area contributed by atoms with Gasteiger partial charge in [-0.05, 0) is 11.6 Å². The molecular formula is C15H17FN2O3. The summed E-state index contributed by atoms with van der Waals surface area (Å²) in [5.41, 5.74) is 1.10. The molecule has 2 heterocycles. The third kappa shape index (κ3) is 2.41. The second-order valence-electron chi connectivity index (χ2n) is 4.69. The Morgan fingerprint density at radius 2 is 1.86 bits per heavy atom. The minimum absolute atomic E-state index is 0.0487. The van der Waals surface area contributed by atoms with Gasteiger partial charge >= 0.3 is 0 Å². The average molecular weight is 292 g/mol. The van der Waals surface area contributed by atoms with Crippen molar-refractivity contribution in [1.29, 1.82) is 0 Å². The molecule has 6 heteroatoms. The summed E-state index contributed by atoms with van der Waals surface area (Å²) < 4.78 is 14.8. The van der Waals surface area contributed by atoms with Crippen molar-refractivity contribution in [2.45, 2.75) is 39.0 Å². The van der Waals surface area contributed by atoms with Crippen molar-refractivity contribution in [3.63, 3.8) is 0 Å². The van der Waals surface area contributed by atoms with E-state index >= 15 is 0 Å². The van der Waals surface area contributed by atoms with E-state index in [-0.39, 0.29) is 19.4 Å². The first kappa shape index (κ1) is 15.2. The van der Waals surface area contributed by atoms with Crippen LogP contribution in [0.3, 0.4) is 0 Å².